The minimum atomic E-state index is -0.248. The monoisotopic (exact) mass is 394 g/mol. The van der Waals surface area contributed by atoms with E-state index in [4.69, 9.17) is 11.6 Å². The Balaban J connectivity index is 1.49. The number of hydrazone groups is 1. The Bertz CT molecular complexity index is 911. The Labute approximate surface area is 168 Å². The first-order valence-corrected chi connectivity index (χ1v) is 10.0. The van der Waals surface area contributed by atoms with E-state index in [2.05, 4.69) is 34.8 Å². The molecule has 0 saturated carbocycles. The van der Waals surface area contributed by atoms with Crippen LogP contribution in [0.4, 0.5) is 0 Å². The summed E-state index contributed by atoms with van der Waals surface area (Å²) < 4.78 is 0. The molecule has 5 heteroatoms. The predicted molar refractivity (Wildman–Crippen MR) is 114 cm³/mol. The third kappa shape index (κ3) is 5.98. The van der Waals surface area contributed by atoms with Crippen LogP contribution >= 0.6 is 23.4 Å². The number of amides is 1. The van der Waals surface area contributed by atoms with Crippen LogP contribution in [0.2, 0.25) is 5.02 Å². The first-order chi connectivity index (χ1) is 13.2. The second kappa shape index (κ2) is 9.95. The molecular weight excluding hydrogens is 376 g/mol. The number of rotatable bonds is 7. The van der Waals surface area contributed by atoms with Gasteiger partial charge < -0.3 is 0 Å². The summed E-state index contributed by atoms with van der Waals surface area (Å²) in [6, 6.07) is 25.3. The molecule has 3 nitrogen and oxygen atoms in total. The van der Waals surface area contributed by atoms with E-state index in [0.717, 1.165) is 17.1 Å². The second-order valence-electron chi connectivity index (χ2n) is 5.90. The van der Waals surface area contributed by atoms with E-state index in [1.165, 1.54) is 17.3 Å². The Morgan fingerprint density at radius 2 is 1.52 bits per heavy atom. The maximum Gasteiger partial charge on any atom is 0.271 e. The van der Waals surface area contributed by atoms with Gasteiger partial charge in [0.1, 0.15) is 0 Å². The number of nitrogens with one attached hydrogen (secondary N) is 1. The highest BCUT2D eigenvalue weighted by Crippen LogP contribution is 2.18. The predicted octanol–water partition coefficient (Wildman–Crippen LogP) is 5.54. The number of thioether (sulfide) groups is 1. The Kier molecular flexibility index (Phi) is 7.08. The number of carbonyl (C=O) groups excluding carboxylic acids is 1. The molecule has 0 atom stereocenters. The molecule has 0 fully saturated rings. The van der Waals surface area contributed by atoms with Crippen molar-refractivity contribution in [2.45, 2.75) is 11.5 Å². The highest BCUT2D eigenvalue weighted by atomic mass is 35.5. The van der Waals surface area contributed by atoms with Crippen molar-refractivity contribution in [3.63, 3.8) is 0 Å². The fourth-order valence-electron chi connectivity index (χ4n) is 2.42. The molecular formula is C22H19ClN2OS. The third-order valence-corrected chi connectivity index (χ3v) is 5.29. The first kappa shape index (κ1) is 19.2. The highest BCUT2D eigenvalue weighted by molar-refractivity contribution is 7.97. The average Bonchev–Trinajstić information content (AvgIpc) is 2.71. The molecule has 3 rings (SSSR count). The molecule has 3 aromatic rings. The summed E-state index contributed by atoms with van der Waals surface area (Å²) in [6.45, 7) is 0. The van der Waals surface area contributed by atoms with Gasteiger partial charge in [0, 0.05) is 27.7 Å². The molecule has 1 amide bonds. The van der Waals surface area contributed by atoms with Gasteiger partial charge in [-0.05, 0) is 29.3 Å². The number of carbonyl (C=O) groups is 1. The lowest BCUT2D eigenvalue weighted by Gasteiger charge is -2.04. The Morgan fingerprint density at radius 1 is 0.889 bits per heavy atom. The van der Waals surface area contributed by atoms with Gasteiger partial charge in [-0.1, -0.05) is 72.3 Å². The maximum absolute atomic E-state index is 12.2. The van der Waals surface area contributed by atoms with Crippen LogP contribution < -0.4 is 5.43 Å². The lowest BCUT2D eigenvalue weighted by molar-refractivity contribution is 0.0955. The van der Waals surface area contributed by atoms with Crippen LogP contribution in [-0.4, -0.2) is 12.1 Å². The summed E-state index contributed by atoms with van der Waals surface area (Å²) in [6.07, 6.45) is 1.54. The molecule has 0 heterocycles. The lowest BCUT2D eigenvalue weighted by atomic mass is 10.1. The molecule has 0 radical (unpaired) electrons. The molecule has 0 aliphatic rings. The minimum absolute atomic E-state index is 0.248. The van der Waals surface area contributed by atoms with Crippen molar-refractivity contribution < 1.29 is 4.79 Å². The van der Waals surface area contributed by atoms with E-state index in [9.17, 15) is 4.79 Å². The maximum atomic E-state index is 12.2. The van der Waals surface area contributed by atoms with Crippen molar-refractivity contribution in [2.75, 3.05) is 0 Å². The first-order valence-electron chi connectivity index (χ1n) is 8.51. The number of nitrogens with zero attached hydrogens (tertiary/aromatic N) is 1. The Hall–Kier alpha value is -2.56. The zero-order valence-electron chi connectivity index (χ0n) is 14.6. The fraction of sp³-hybridized carbons (Fsp3) is 0.0909. The minimum Gasteiger partial charge on any atom is -0.267 e. The summed E-state index contributed by atoms with van der Waals surface area (Å²) in [7, 11) is 0. The summed E-state index contributed by atoms with van der Waals surface area (Å²) in [5.41, 5.74) is 6.35. The summed E-state index contributed by atoms with van der Waals surface area (Å²) in [5, 5.41) is 4.56. The summed E-state index contributed by atoms with van der Waals surface area (Å²) in [5.74, 6) is 1.63. The van der Waals surface area contributed by atoms with Gasteiger partial charge in [-0.3, -0.25) is 4.79 Å². The number of hydrogen-bond donors (Lipinski definition) is 1. The topological polar surface area (TPSA) is 41.5 Å². The van der Waals surface area contributed by atoms with Crippen LogP contribution in [0, 0.1) is 0 Å². The van der Waals surface area contributed by atoms with Gasteiger partial charge in [-0.25, -0.2) is 5.43 Å². The van der Waals surface area contributed by atoms with E-state index < -0.39 is 0 Å². The number of hydrogen-bond acceptors (Lipinski definition) is 3. The standard InChI is InChI=1S/C22H19ClN2OS/c23-21-9-5-4-8-20(21)14-24-25-22(26)19-12-10-18(11-13-19)16-27-15-17-6-2-1-3-7-17/h1-14H,15-16H2,(H,25,26)/b24-14-. The molecule has 0 aliphatic carbocycles. The molecule has 27 heavy (non-hydrogen) atoms. The van der Waals surface area contributed by atoms with Crippen LogP contribution in [-0.2, 0) is 11.5 Å². The number of halogens is 1. The molecule has 0 spiro atoms. The molecule has 0 aromatic heterocycles. The van der Waals surface area contributed by atoms with Gasteiger partial charge >= 0.3 is 0 Å². The van der Waals surface area contributed by atoms with Crippen molar-refractivity contribution in [3.05, 3.63) is 106 Å². The zero-order chi connectivity index (χ0) is 18.9. The van der Waals surface area contributed by atoms with Crippen molar-refractivity contribution in [1.29, 1.82) is 0 Å². The Morgan fingerprint density at radius 3 is 2.22 bits per heavy atom. The quantitative estimate of drug-likeness (QED) is 0.422. The molecule has 0 aliphatic heterocycles. The van der Waals surface area contributed by atoms with E-state index in [0.29, 0.717) is 10.6 Å². The van der Waals surface area contributed by atoms with Gasteiger partial charge in [0.15, 0.2) is 0 Å². The SMILES string of the molecule is O=C(N/N=C\c1ccccc1Cl)c1ccc(CSCc2ccccc2)cc1. The van der Waals surface area contributed by atoms with Crippen LogP contribution in [0.1, 0.15) is 27.0 Å². The van der Waals surface area contributed by atoms with Gasteiger partial charge in [0.2, 0.25) is 0 Å². The van der Waals surface area contributed by atoms with E-state index in [1.807, 2.05) is 60.3 Å². The smallest absolute Gasteiger partial charge is 0.267 e. The van der Waals surface area contributed by atoms with Gasteiger partial charge in [-0.15, -0.1) is 0 Å². The number of benzene rings is 3. The normalized spacial score (nSPS) is 10.9. The average molecular weight is 395 g/mol. The van der Waals surface area contributed by atoms with Crippen LogP contribution in [0.25, 0.3) is 0 Å². The molecule has 1 N–H and O–H groups in total. The lowest BCUT2D eigenvalue weighted by Crippen LogP contribution is -2.17. The van der Waals surface area contributed by atoms with E-state index in [1.54, 1.807) is 6.07 Å². The second-order valence-corrected chi connectivity index (χ2v) is 7.29. The van der Waals surface area contributed by atoms with Crippen LogP contribution in [0.15, 0.2) is 84.0 Å². The zero-order valence-corrected chi connectivity index (χ0v) is 16.2. The summed E-state index contributed by atoms with van der Waals surface area (Å²) >= 11 is 7.90. The van der Waals surface area contributed by atoms with Crippen LogP contribution in [0.3, 0.4) is 0 Å². The van der Waals surface area contributed by atoms with Gasteiger partial charge in [0.25, 0.3) is 5.91 Å². The van der Waals surface area contributed by atoms with Gasteiger partial charge in [0.05, 0.1) is 6.21 Å². The molecule has 3 aromatic carbocycles. The van der Waals surface area contributed by atoms with Crippen molar-refractivity contribution in [1.82, 2.24) is 5.43 Å². The van der Waals surface area contributed by atoms with Crippen LogP contribution in [0.5, 0.6) is 0 Å². The molecule has 0 saturated heterocycles. The molecule has 0 bridgehead atoms. The summed E-state index contributed by atoms with van der Waals surface area (Å²) in [4.78, 5) is 12.2. The highest BCUT2D eigenvalue weighted by Gasteiger charge is 2.04. The molecule has 0 unspecified atom stereocenters. The fourth-order valence-corrected chi connectivity index (χ4v) is 3.56. The van der Waals surface area contributed by atoms with E-state index in [-0.39, 0.29) is 5.91 Å². The van der Waals surface area contributed by atoms with Gasteiger partial charge in [-0.2, -0.15) is 16.9 Å². The van der Waals surface area contributed by atoms with Crippen molar-refractivity contribution in [2.24, 2.45) is 5.10 Å². The van der Waals surface area contributed by atoms with E-state index >= 15 is 0 Å². The van der Waals surface area contributed by atoms with Crippen molar-refractivity contribution >= 4 is 35.5 Å². The van der Waals surface area contributed by atoms with Crippen molar-refractivity contribution in [3.8, 4) is 0 Å². The third-order valence-electron chi connectivity index (χ3n) is 3.87. The largest absolute Gasteiger partial charge is 0.271 e. The molecule has 136 valence electrons.